The Morgan fingerprint density at radius 1 is 1.03 bits per heavy atom. The minimum absolute atomic E-state index is 0.0802. The molecule has 0 radical (unpaired) electrons. The molecule has 4 N–H and O–H groups in total. The van der Waals surface area contributed by atoms with Crippen LogP contribution in [0.15, 0.2) is 67.0 Å². The van der Waals surface area contributed by atoms with E-state index in [1.54, 1.807) is 31.2 Å². The molecule has 0 saturated heterocycles. The van der Waals surface area contributed by atoms with Crippen molar-refractivity contribution >= 4 is 34.4 Å². The number of rotatable bonds is 6. The van der Waals surface area contributed by atoms with Crippen molar-refractivity contribution in [1.29, 1.82) is 0 Å². The van der Waals surface area contributed by atoms with Crippen LogP contribution in [0, 0.1) is 0 Å². The number of aryl methyl sites for hydroxylation is 1. The van der Waals surface area contributed by atoms with Gasteiger partial charge in [-0.2, -0.15) is 13.2 Å². The number of benzene rings is 2. The molecule has 2 aromatic carbocycles. The number of nitrogen functional groups attached to an aromatic ring is 1. The predicted octanol–water partition coefficient (Wildman–Crippen LogP) is 4.69. The summed E-state index contributed by atoms with van der Waals surface area (Å²) in [7, 11) is 1.82. The van der Waals surface area contributed by atoms with Crippen molar-refractivity contribution in [3.63, 3.8) is 0 Å². The quantitative estimate of drug-likeness (QED) is 0.327. The SMILES string of the molecule is C=C(C)C(=O)Nc1ccc(-c2c(-c3ccc(C(=O)NCC(F)(F)F)cc3)c3c(N)ncnc3n2C)cc1. The van der Waals surface area contributed by atoms with Crippen LogP contribution in [0.5, 0.6) is 0 Å². The molecule has 0 spiro atoms. The van der Waals surface area contributed by atoms with Crippen molar-refractivity contribution in [2.24, 2.45) is 7.05 Å². The van der Waals surface area contributed by atoms with E-state index in [-0.39, 0.29) is 17.3 Å². The van der Waals surface area contributed by atoms with E-state index in [1.807, 2.05) is 29.1 Å². The van der Waals surface area contributed by atoms with Gasteiger partial charge in [-0.1, -0.05) is 30.8 Å². The van der Waals surface area contributed by atoms with Gasteiger partial charge in [-0.05, 0) is 42.3 Å². The maximum absolute atomic E-state index is 12.5. The van der Waals surface area contributed by atoms with Crippen LogP contribution >= 0.6 is 0 Å². The lowest BCUT2D eigenvalue weighted by atomic mass is 9.97. The molecule has 2 aromatic heterocycles. The van der Waals surface area contributed by atoms with Crippen molar-refractivity contribution in [2.75, 3.05) is 17.6 Å². The van der Waals surface area contributed by atoms with E-state index >= 15 is 0 Å². The van der Waals surface area contributed by atoms with Gasteiger partial charge in [0.1, 0.15) is 24.3 Å². The maximum atomic E-state index is 12.5. The molecule has 0 aliphatic rings. The van der Waals surface area contributed by atoms with Gasteiger partial charge in [-0.25, -0.2) is 9.97 Å². The number of hydrogen-bond acceptors (Lipinski definition) is 5. The van der Waals surface area contributed by atoms with Crippen molar-refractivity contribution in [3.05, 3.63) is 72.6 Å². The summed E-state index contributed by atoms with van der Waals surface area (Å²) in [5.41, 5.74) is 10.7. The second-order valence-corrected chi connectivity index (χ2v) is 8.43. The van der Waals surface area contributed by atoms with Gasteiger partial charge in [0, 0.05) is 29.4 Å². The third kappa shape index (κ3) is 5.30. The smallest absolute Gasteiger partial charge is 0.383 e. The topological polar surface area (TPSA) is 115 Å². The van der Waals surface area contributed by atoms with Gasteiger partial charge in [0.25, 0.3) is 11.8 Å². The molecule has 0 atom stereocenters. The molecule has 0 aliphatic heterocycles. The zero-order valence-corrected chi connectivity index (χ0v) is 20.0. The monoisotopic (exact) mass is 508 g/mol. The maximum Gasteiger partial charge on any atom is 0.405 e. The van der Waals surface area contributed by atoms with Crippen LogP contribution in [-0.2, 0) is 11.8 Å². The van der Waals surface area contributed by atoms with Crippen molar-refractivity contribution < 1.29 is 22.8 Å². The Morgan fingerprint density at radius 2 is 1.65 bits per heavy atom. The summed E-state index contributed by atoms with van der Waals surface area (Å²) >= 11 is 0. The molecular weight excluding hydrogens is 485 g/mol. The number of alkyl halides is 3. The summed E-state index contributed by atoms with van der Waals surface area (Å²) in [4.78, 5) is 32.6. The Balaban J connectivity index is 1.77. The highest BCUT2D eigenvalue weighted by atomic mass is 19.4. The fraction of sp³-hybridized carbons (Fsp3) is 0.154. The number of hydrogen-bond donors (Lipinski definition) is 3. The molecule has 2 amide bonds. The van der Waals surface area contributed by atoms with Crippen LogP contribution in [0.3, 0.4) is 0 Å². The van der Waals surface area contributed by atoms with E-state index in [4.69, 9.17) is 5.73 Å². The third-order valence-electron chi connectivity index (χ3n) is 5.69. The van der Waals surface area contributed by atoms with Gasteiger partial charge in [-0.15, -0.1) is 0 Å². The fourth-order valence-electron chi connectivity index (χ4n) is 3.91. The second kappa shape index (κ2) is 9.76. The van der Waals surface area contributed by atoms with Gasteiger partial charge in [0.05, 0.1) is 11.1 Å². The molecule has 11 heteroatoms. The summed E-state index contributed by atoms with van der Waals surface area (Å²) < 4.78 is 39.3. The molecular formula is C26H23F3N6O2. The first-order valence-electron chi connectivity index (χ1n) is 11.1. The Morgan fingerprint density at radius 3 is 2.24 bits per heavy atom. The van der Waals surface area contributed by atoms with Gasteiger partial charge in [-0.3, -0.25) is 9.59 Å². The van der Waals surface area contributed by atoms with Crippen LogP contribution in [-0.4, -0.2) is 39.1 Å². The number of nitrogens with one attached hydrogen (secondary N) is 2. The van der Waals surface area contributed by atoms with Gasteiger partial charge in [0.2, 0.25) is 0 Å². The van der Waals surface area contributed by atoms with Crippen LogP contribution in [0.4, 0.5) is 24.7 Å². The van der Waals surface area contributed by atoms with Crippen LogP contribution in [0.25, 0.3) is 33.4 Å². The standard InChI is InChI=1S/C26H23F3N6O2/c1-14(2)24(36)34-18-10-8-16(9-11-18)21-19(20-22(30)32-13-33-23(20)35(21)3)15-4-6-17(7-5-15)25(37)31-12-26(27,28)29/h4-11,13H,1,12H2,2-3H3,(H,31,37)(H,34,36)(H2,30,32,33). The van der Waals surface area contributed by atoms with Crippen LogP contribution in [0.2, 0.25) is 0 Å². The molecule has 0 bridgehead atoms. The summed E-state index contributed by atoms with van der Waals surface area (Å²) in [6.07, 6.45) is -3.15. The molecule has 0 saturated carbocycles. The van der Waals surface area contributed by atoms with Gasteiger partial charge < -0.3 is 20.9 Å². The number of carbonyl (C=O) groups is 2. The minimum atomic E-state index is -4.51. The van der Waals surface area contributed by atoms with E-state index in [9.17, 15) is 22.8 Å². The first kappa shape index (κ1) is 25.4. The van der Waals surface area contributed by atoms with Crippen molar-refractivity contribution in [3.8, 4) is 22.4 Å². The highest BCUT2D eigenvalue weighted by Crippen LogP contribution is 2.41. The fourth-order valence-corrected chi connectivity index (χ4v) is 3.91. The van der Waals surface area contributed by atoms with E-state index in [0.29, 0.717) is 33.4 Å². The van der Waals surface area contributed by atoms with Crippen molar-refractivity contribution in [2.45, 2.75) is 13.1 Å². The summed E-state index contributed by atoms with van der Waals surface area (Å²) in [5.74, 6) is -0.878. The number of nitrogens with zero attached hydrogens (tertiary/aromatic N) is 3. The molecule has 0 unspecified atom stereocenters. The average molecular weight is 509 g/mol. The third-order valence-corrected chi connectivity index (χ3v) is 5.69. The number of fused-ring (bicyclic) bond motifs is 1. The average Bonchev–Trinajstić information content (AvgIpc) is 3.16. The lowest BCUT2D eigenvalue weighted by Gasteiger charge is -2.11. The molecule has 37 heavy (non-hydrogen) atoms. The highest BCUT2D eigenvalue weighted by Gasteiger charge is 2.28. The zero-order chi connectivity index (χ0) is 26.9. The molecule has 4 rings (SSSR count). The molecule has 0 fully saturated rings. The Labute approximate surface area is 210 Å². The van der Waals surface area contributed by atoms with Crippen LogP contribution < -0.4 is 16.4 Å². The lowest BCUT2D eigenvalue weighted by Crippen LogP contribution is -2.33. The van der Waals surface area contributed by atoms with E-state index in [1.165, 1.54) is 18.5 Å². The molecule has 190 valence electrons. The van der Waals surface area contributed by atoms with E-state index in [2.05, 4.69) is 21.9 Å². The summed E-state index contributed by atoms with van der Waals surface area (Å²) in [6.45, 7) is 3.82. The number of aromatic nitrogens is 3. The predicted molar refractivity (Wildman–Crippen MR) is 136 cm³/mol. The summed E-state index contributed by atoms with van der Waals surface area (Å²) in [6, 6.07) is 13.3. The molecule has 0 aliphatic carbocycles. The molecule has 4 aromatic rings. The van der Waals surface area contributed by atoms with Gasteiger partial charge in [0.15, 0.2) is 0 Å². The Kier molecular flexibility index (Phi) is 6.71. The number of amides is 2. The zero-order valence-electron chi connectivity index (χ0n) is 20.0. The first-order valence-corrected chi connectivity index (χ1v) is 11.1. The molecule has 8 nitrogen and oxygen atoms in total. The lowest BCUT2D eigenvalue weighted by molar-refractivity contribution is -0.123. The van der Waals surface area contributed by atoms with Crippen molar-refractivity contribution in [1.82, 2.24) is 19.9 Å². The number of anilines is 2. The Hall–Kier alpha value is -4.67. The largest absolute Gasteiger partial charge is 0.405 e. The first-order chi connectivity index (χ1) is 17.5. The minimum Gasteiger partial charge on any atom is -0.383 e. The van der Waals surface area contributed by atoms with E-state index in [0.717, 1.165) is 11.3 Å². The highest BCUT2D eigenvalue weighted by molar-refractivity contribution is 6.08. The Bertz CT molecular complexity index is 1510. The second-order valence-electron chi connectivity index (χ2n) is 8.43. The number of halogens is 3. The summed E-state index contributed by atoms with van der Waals surface area (Å²) in [5, 5.41) is 5.21. The normalized spacial score (nSPS) is 11.4. The number of carbonyl (C=O) groups excluding carboxylic acids is 2. The van der Waals surface area contributed by atoms with Crippen LogP contribution in [0.1, 0.15) is 17.3 Å². The van der Waals surface area contributed by atoms with E-state index < -0.39 is 18.6 Å². The number of nitrogens with two attached hydrogens (primary N) is 1. The van der Waals surface area contributed by atoms with Gasteiger partial charge >= 0.3 is 6.18 Å². The molecule has 2 heterocycles.